The molecule has 0 saturated heterocycles. The number of benzene rings is 2. The molecule has 0 radical (unpaired) electrons. The maximum Gasteiger partial charge on any atom is 0.257 e. The molecule has 0 spiro atoms. The van der Waals surface area contributed by atoms with Crippen LogP contribution >= 0.6 is 23.8 Å². The highest BCUT2D eigenvalue weighted by molar-refractivity contribution is 7.80. The molecule has 0 fully saturated rings. The fourth-order valence-corrected chi connectivity index (χ4v) is 2.97. The molecule has 0 bridgehead atoms. The Hall–Kier alpha value is -2.31. The summed E-state index contributed by atoms with van der Waals surface area (Å²) in [6.45, 7) is 2.86. The van der Waals surface area contributed by atoms with Crippen LogP contribution in [0.15, 0.2) is 42.5 Å². The van der Waals surface area contributed by atoms with Gasteiger partial charge in [0.05, 0.1) is 18.7 Å². The third kappa shape index (κ3) is 7.02. The summed E-state index contributed by atoms with van der Waals surface area (Å²) in [6.07, 6.45) is 4.62. The second-order valence-electron chi connectivity index (χ2n) is 6.19. The van der Waals surface area contributed by atoms with Gasteiger partial charge in [0.2, 0.25) is 0 Å². The molecule has 2 aromatic rings. The zero-order valence-electron chi connectivity index (χ0n) is 16.1. The topological polar surface area (TPSA) is 59.6 Å². The summed E-state index contributed by atoms with van der Waals surface area (Å²) in [4.78, 5) is 12.3. The number of hydrogen-bond donors (Lipinski definition) is 2. The van der Waals surface area contributed by atoms with Gasteiger partial charge < -0.3 is 14.8 Å². The first-order valence-electron chi connectivity index (χ1n) is 9.22. The summed E-state index contributed by atoms with van der Waals surface area (Å²) in [5, 5.41) is 6.20. The van der Waals surface area contributed by atoms with Crippen LogP contribution in [0.3, 0.4) is 0 Å². The molecule has 2 aromatic carbocycles. The normalized spacial score (nSPS) is 10.2. The highest BCUT2D eigenvalue weighted by atomic mass is 35.5. The predicted octanol–water partition coefficient (Wildman–Crippen LogP) is 5.43. The Balaban J connectivity index is 1.83. The lowest BCUT2D eigenvalue weighted by atomic mass is 10.2. The number of rotatable bonds is 9. The summed E-state index contributed by atoms with van der Waals surface area (Å²) in [7, 11) is 1.54. The van der Waals surface area contributed by atoms with Crippen molar-refractivity contribution in [3.05, 3.63) is 53.1 Å². The van der Waals surface area contributed by atoms with Crippen LogP contribution < -0.4 is 20.1 Å². The van der Waals surface area contributed by atoms with Crippen LogP contribution in [0.5, 0.6) is 11.5 Å². The lowest BCUT2D eigenvalue weighted by molar-refractivity contribution is 0.0977. The minimum absolute atomic E-state index is 0.183. The van der Waals surface area contributed by atoms with Crippen LogP contribution in [0, 0.1) is 0 Å². The Morgan fingerprint density at radius 1 is 1.11 bits per heavy atom. The van der Waals surface area contributed by atoms with Gasteiger partial charge in [-0.3, -0.25) is 10.1 Å². The number of thiocarbonyl (C=S) groups is 1. The smallest absolute Gasteiger partial charge is 0.257 e. The molecular formula is C21H25ClN2O3S. The summed E-state index contributed by atoms with van der Waals surface area (Å²) >= 11 is 11.3. The average Bonchev–Trinajstić information content (AvgIpc) is 2.68. The van der Waals surface area contributed by atoms with Gasteiger partial charge in [-0.15, -0.1) is 0 Å². The number of amides is 1. The van der Waals surface area contributed by atoms with Gasteiger partial charge in [0.1, 0.15) is 11.5 Å². The van der Waals surface area contributed by atoms with Crippen molar-refractivity contribution in [2.45, 2.75) is 32.6 Å². The van der Waals surface area contributed by atoms with Gasteiger partial charge in [-0.25, -0.2) is 0 Å². The van der Waals surface area contributed by atoms with E-state index in [0.717, 1.165) is 12.2 Å². The molecule has 2 rings (SSSR count). The second kappa shape index (κ2) is 11.5. The lowest BCUT2D eigenvalue weighted by Gasteiger charge is -2.11. The summed E-state index contributed by atoms with van der Waals surface area (Å²) in [6, 6.07) is 12.1. The first kappa shape index (κ1) is 22.0. The van der Waals surface area contributed by atoms with E-state index in [-0.39, 0.29) is 11.0 Å². The number of anilines is 1. The highest BCUT2D eigenvalue weighted by Crippen LogP contribution is 2.27. The van der Waals surface area contributed by atoms with Gasteiger partial charge in [-0.1, -0.05) is 37.8 Å². The molecule has 0 aromatic heterocycles. The standard InChI is InChI=1S/C21H25ClN2O3S/c1-3-4-5-6-13-27-17-10-7-15(8-11-17)20(25)24-21(28)23-16-9-12-19(26-2)18(22)14-16/h7-12,14H,3-6,13H2,1-2H3,(H2,23,24,25,28). The molecule has 0 atom stereocenters. The van der Waals surface area contributed by atoms with Gasteiger partial charge in [0.15, 0.2) is 5.11 Å². The SMILES string of the molecule is CCCCCCOc1ccc(C(=O)NC(=S)Nc2ccc(OC)c(Cl)c2)cc1. The van der Waals surface area contributed by atoms with Crippen molar-refractivity contribution < 1.29 is 14.3 Å². The lowest BCUT2D eigenvalue weighted by Crippen LogP contribution is -2.34. The van der Waals surface area contributed by atoms with Gasteiger partial charge in [-0.05, 0) is 61.1 Å². The minimum atomic E-state index is -0.299. The van der Waals surface area contributed by atoms with Crippen LogP contribution in [0.1, 0.15) is 43.0 Å². The van der Waals surface area contributed by atoms with Gasteiger partial charge in [-0.2, -0.15) is 0 Å². The van der Waals surface area contributed by atoms with Gasteiger partial charge >= 0.3 is 0 Å². The molecular weight excluding hydrogens is 396 g/mol. The maximum atomic E-state index is 12.3. The second-order valence-corrected chi connectivity index (χ2v) is 7.01. The van der Waals surface area contributed by atoms with E-state index in [1.54, 1.807) is 49.6 Å². The Morgan fingerprint density at radius 3 is 2.50 bits per heavy atom. The van der Waals surface area contributed by atoms with Crippen molar-refractivity contribution in [2.24, 2.45) is 0 Å². The molecule has 1 amide bonds. The maximum absolute atomic E-state index is 12.3. The number of carbonyl (C=O) groups excluding carboxylic acids is 1. The van der Waals surface area contributed by atoms with Gasteiger partial charge in [0, 0.05) is 11.3 Å². The predicted molar refractivity (Wildman–Crippen MR) is 118 cm³/mol. The fourth-order valence-electron chi connectivity index (χ4n) is 2.50. The Bertz CT molecular complexity index is 797. The highest BCUT2D eigenvalue weighted by Gasteiger charge is 2.09. The number of unbranched alkanes of at least 4 members (excludes halogenated alkanes) is 3. The van der Waals surface area contributed by atoms with E-state index in [0.29, 0.717) is 28.6 Å². The van der Waals surface area contributed by atoms with E-state index in [2.05, 4.69) is 17.6 Å². The van der Waals surface area contributed by atoms with E-state index in [1.165, 1.54) is 19.3 Å². The Morgan fingerprint density at radius 2 is 1.86 bits per heavy atom. The zero-order valence-corrected chi connectivity index (χ0v) is 17.7. The number of halogens is 1. The third-order valence-electron chi connectivity index (χ3n) is 4.02. The zero-order chi connectivity index (χ0) is 20.4. The van der Waals surface area contributed by atoms with E-state index < -0.39 is 0 Å². The summed E-state index contributed by atoms with van der Waals surface area (Å²) in [5.41, 5.74) is 1.15. The van der Waals surface area contributed by atoms with Crippen molar-refractivity contribution in [1.29, 1.82) is 0 Å². The fraction of sp³-hybridized carbons (Fsp3) is 0.333. The number of carbonyl (C=O) groups is 1. The first-order chi connectivity index (χ1) is 13.5. The molecule has 2 N–H and O–H groups in total. The van der Waals surface area contributed by atoms with E-state index in [9.17, 15) is 4.79 Å². The average molecular weight is 421 g/mol. The third-order valence-corrected chi connectivity index (χ3v) is 4.52. The van der Waals surface area contributed by atoms with Crippen LogP contribution in [0.2, 0.25) is 5.02 Å². The molecule has 150 valence electrons. The Labute approximate surface area is 176 Å². The van der Waals surface area contributed by atoms with E-state index >= 15 is 0 Å². The Kier molecular flexibility index (Phi) is 9.04. The molecule has 0 aliphatic carbocycles. The van der Waals surface area contributed by atoms with Crippen molar-refractivity contribution in [2.75, 3.05) is 19.0 Å². The van der Waals surface area contributed by atoms with Crippen molar-refractivity contribution >= 4 is 40.5 Å². The van der Waals surface area contributed by atoms with Crippen molar-refractivity contribution in [3.8, 4) is 11.5 Å². The molecule has 0 aliphatic heterocycles. The van der Waals surface area contributed by atoms with Crippen LogP contribution in [-0.4, -0.2) is 24.7 Å². The van der Waals surface area contributed by atoms with Gasteiger partial charge in [0.25, 0.3) is 5.91 Å². The summed E-state index contributed by atoms with van der Waals surface area (Å²) < 4.78 is 10.8. The molecule has 0 saturated carbocycles. The van der Waals surface area contributed by atoms with Crippen molar-refractivity contribution in [1.82, 2.24) is 5.32 Å². The van der Waals surface area contributed by atoms with E-state index in [4.69, 9.17) is 33.3 Å². The number of ether oxygens (including phenoxy) is 2. The minimum Gasteiger partial charge on any atom is -0.495 e. The van der Waals surface area contributed by atoms with Crippen molar-refractivity contribution in [3.63, 3.8) is 0 Å². The molecule has 0 aliphatic rings. The molecule has 5 nitrogen and oxygen atoms in total. The quantitative estimate of drug-likeness (QED) is 0.418. The van der Waals surface area contributed by atoms with E-state index in [1.807, 2.05) is 0 Å². The molecule has 7 heteroatoms. The number of hydrogen-bond acceptors (Lipinski definition) is 4. The molecule has 28 heavy (non-hydrogen) atoms. The largest absolute Gasteiger partial charge is 0.495 e. The van der Waals surface area contributed by atoms with Crippen LogP contribution in [0.4, 0.5) is 5.69 Å². The number of nitrogens with one attached hydrogen (secondary N) is 2. The summed E-state index contributed by atoms with van der Waals surface area (Å²) in [5.74, 6) is 1.02. The number of methoxy groups -OCH3 is 1. The molecule has 0 unspecified atom stereocenters. The molecule has 0 heterocycles. The monoisotopic (exact) mass is 420 g/mol. The van der Waals surface area contributed by atoms with Crippen LogP contribution in [-0.2, 0) is 0 Å². The van der Waals surface area contributed by atoms with Crippen LogP contribution in [0.25, 0.3) is 0 Å². The first-order valence-corrected chi connectivity index (χ1v) is 10.0.